The lowest BCUT2D eigenvalue weighted by molar-refractivity contribution is 0.183. The molecule has 0 aromatic carbocycles. The van der Waals surface area contributed by atoms with E-state index in [2.05, 4.69) is 47.2 Å². The van der Waals surface area contributed by atoms with E-state index in [4.69, 9.17) is 0 Å². The van der Waals surface area contributed by atoms with Crippen molar-refractivity contribution in [2.75, 3.05) is 25.0 Å². The third-order valence-corrected chi connectivity index (χ3v) is 3.62. The first-order chi connectivity index (χ1) is 8.78. The summed E-state index contributed by atoms with van der Waals surface area (Å²) in [6, 6.07) is 6.29. The predicted molar refractivity (Wildman–Crippen MR) is 76.7 cm³/mol. The molecule has 1 aliphatic heterocycles. The molecule has 2 rings (SSSR count). The largest absolute Gasteiger partial charge is 0.370 e. The van der Waals surface area contributed by atoms with Gasteiger partial charge in [0.25, 0.3) is 0 Å². The predicted octanol–water partition coefficient (Wildman–Crippen LogP) is 3.14. The van der Waals surface area contributed by atoms with E-state index in [-0.39, 0.29) is 0 Å². The van der Waals surface area contributed by atoms with Crippen molar-refractivity contribution in [3.8, 4) is 0 Å². The molecule has 1 aromatic rings. The zero-order valence-electron chi connectivity index (χ0n) is 11.7. The van der Waals surface area contributed by atoms with Crippen LogP contribution < -0.4 is 5.32 Å². The standard InChI is InChI=1S/C15H25N3/c1-3-9-16-15-6-4-5-14(17-15)12-18-10-7-13(2)8-11-18/h4-6,13H,3,7-12H2,1-2H3,(H,16,17). The van der Waals surface area contributed by atoms with E-state index in [1.165, 1.54) is 31.6 Å². The molecule has 0 aliphatic carbocycles. The van der Waals surface area contributed by atoms with Crippen LogP contribution in [0.25, 0.3) is 0 Å². The number of nitrogens with one attached hydrogen (secondary N) is 1. The van der Waals surface area contributed by atoms with Crippen LogP contribution in [0, 0.1) is 5.92 Å². The molecule has 3 heteroatoms. The topological polar surface area (TPSA) is 28.2 Å². The number of piperidine rings is 1. The highest BCUT2D eigenvalue weighted by Gasteiger charge is 2.15. The van der Waals surface area contributed by atoms with E-state index < -0.39 is 0 Å². The molecule has 1 aromatic heterocycles. The molecule has 0 bridgehead atoms. The van der Waals surface area contributed by atoms with Gasteiger partial charge in [-0.2, -0.15) is 0 Å². The molecule has 1 saturated heterocycles. The Bertz CT molecular complexity index is 357. The minimum Gasteiger partial charge on any atom is -0.370 e. The molecule has 100 valence electrons. The Labute approximate surface area is 111 Å². The first kappa shape index (κ1) is 13.3. The molecule has 1 fully saturated rings. The Morgan fingerprint density at radius 3 is 2.83 bits per heavy atom. The van der Waals surface area contributed by atoms with Crippen LogP contribution in [0.2, 0.25) is 0 Å². The van der Waals surface area contributed by atoms with Gasteiger partial charge >= 0.3 is 0 Å². The lowest BCUT2D eigenvalue weighted by Gasteiger charge is -2.29. The number of aromatic nitrogens is 1. The average molecular weight is 247 g/mol. The number of hydrogen-bond donors (Lipinski definition) is 1. The SMILES string of the molecule is CCCNc1cccc(CN2CCC(C)CC2)n1. The maximum atomic E-state index is 4.67. The zero-order valence-corrected chi connectivity index (χ0v) is 11.7. The van der Waals surface area contributed by atoms with Crippen LogP contribution >= 0.6 is 0 Å². The summed E-state index contributed by atoms with van der Waals surface area (Å²) in [6.45, 7) is 8.95. The number of pyridine rings is 1. The Hall–Kier alpha value is -1.09. The van der Waals surface area contributed by atoms with Gasteiger partial charge in [0, 0.05) is 13.1 Å². The Balaban J connectivity index is 1.88. The minimum absolute atomic E-state index is 0.895. The Morgan fingerprint density at radius 1 is 1.33 bits per heavy atom. The third kappa shape index (κ3) is 3.98. The van der Waals surface area contributed by atoms with Gasteiger partial charge in [-0.1, -0.05) is 19.9 Å². The van der Waals surface area contributed by atoms with Crippen molar-refractivity contribution in [2.24, 2.45) is 5.92 Å². The fourth-order valence-corrected chi connectivity index (χ4v) is 2.37. The second kappa shape index (κ2) is 6.74. The van der Waals surface area contributed by atoms with Gasteiger partial charge in [-0.25, -0.2) is 4.98 Å². The number of rotatable bonds is 5. The van der Waals surface area contributed by atoms with E-state index in [1.54, 1.807) is 0 Å². The van der Waals surface area contributed by atoms with E-state index in [1.807, 2.05) is 0 Å². The van der Waals surface area contributed by atoms with Crippen molar-refractivity contribution in [3.63, 3.8) is 0 Å². The quantitative estimate of drug-likeness (QED) is 0.866. The molecule has 0 spiro atoms. The molecule has 1 N–H and O–H groups in total. The zero-order chi connectivity index (χ0) is 12.8. The molecule has 0 radical (unpaired) electrons. The van der Waals surface area contributed by atoms with Gasteiger partial charge in [0.05, 0.1) is 5.69 Å². The lowest BCUT2D eigenvalue weighted by atomic mass is 9.99. The van der Waals surface area contributed by atoms with E-state index in [0.717, 1.165) is 31.2 Å². The number of anilines is 1. The summed E-state index contributed by atoms with van der Waals surface area (Å²) < 4.78 is 0. The number of likely N-dealkylation sites (tertiary alicyclic amines) is 1. The van der Waals surface area contributed by atoms with Gasteiger partial charge < -0.3 is 5.32 Å². The monoisotopic (exact) mass is 247 g/mol. The van der Waals surface area contributed by atoms with Crippen molar-refractivity contribution in [3.05, 3.63) is 23.9 Å². The highest BCUT2D eigenvalue weighted by molar-refractivity contribution is 5.35. The second-order valence-electron chi connectivity index (χ2n) is 5.40. The van der Waals surface area contributed by atoms with Crippen LogP contribution in [-0.4, -0.2) is 29.5 Å². The normalized spacial score (nSPS) is 17.9. The molecule has 0 amide bonds. The van der Waals surface area contributed by atoms with Crippen LogP contribution in [0.5, 0.6) is 0 Å². The number of nitrogens with zero attached hydrogens (tertiary/aromatic N) is 2. The molecule has 0 saturated carbocycles. The van der Waals surface area contributed by atoms with Crippen molar-refractivity contribution in [2.45, 2.75) is 39.7 Å². The van der Waals surface area contributed by atoms with Gasteiger partial charge in [-0.3, -0.25) is 4.90 Å². The highest BCUT2D eigenvalue weighted by Crippen LogP contribution is 2.18. The maximum absolute atomic E-state index is 4.67. The minimum atomic E-state index is 0.895. The summed E-state index contributed by atoms with van der Waals surface area (Å²) in [5.41, 5.74) is 1.19. The molecular weight excluding hydrogens is 222 g/mol. The molecule has 1 aliphatic rings. The van der Waals surface area contributed by atoms with E-state index in [0.29, 0.717) is 0 Å². The highest BCUT2D eigenvalue weighted by atomic mass is 15.1. The first-order valence-corrected chi connectivity index (χ1v) is 7.20. The van der Waals surface area contributed by atoms with Crippen molar-refractivity contribution in [1.29, 1.82) is 0 Å². The van der Waals surface area contributed by atoms with Gasteiger partial charge in [-0.05, 0) is 50.4 Å². The first-order valence-electron chi connectivity index (χ1n) is 7.20. The van der Waals surface area contributed by atoms with E-state index >= 15 is 0 Å². The molecular formula is C15H25N3. The van der Waals surface area contributed by atoms with Crippen LogP contribution in [0.3, 0.4) is 0 Å². The second-order valence-corrected chi connectivity index (χ2v) is 5.40. The fraction of sp³-hybridized carbons (Fsp3) is 0.667. The van der Waals surface area contributed by atoms with Crippen molar-refractivity contribution >= 4 is 5.82 Å². The smallest absolute Gasteiger partial charge is 0.126 e. The molecule has 0 atom stereocenters. The summed E-state index contributed by atoms with van der Waals surface area (Å²) >= 11 is 0. The van der Waals surface area contributed by atoms with Gasteiger partial charge in [0.1, 0.15) is 5.82 Å². The summed E-state index contributed by atoms with van der Waals surface area (Å²) in [7, 11) is 0. The van der Waals surface area contributed by atoms with Gasteiger partial charge in [0.15, 0.2) is 0 Å². The van der Waals surface area contributed by atoms with Crippen LogP contribution in [0.4, 0.5) is 5.82 Å². The van der Waals surface area contributed by atoms with Gasteiger partial charge in [-0.15, -0.1) is 0 Å². The summed E-state index contributed by atoms with van der Waals surface area (Å²) in [6.07, 6.45) is 3.79. The summed E-state index contributed by atoms with van der Waals surface area (Å²) in [4.78, 5) is 7.19. The Morgan fingerprint density at radius 2 is 2.11 bits per heavy atom. The average Bonchev–Trinajstić information content (AvgIpc) is 2.40. The van der Waals surface area contributed by atoms with Crippen LogP contribution in [0.1, 0.15) is 38.8 Å². The summed E-state index contributed by atoms with van der Waals surface area (Å²) in [5.74, 6) is 1.91. The van der Waals surface area contributed by atoms with Crippen molar-refractivity contribution < 1.29 is 0 Å². The van der Waals surface area contributed by atoms with Crippen LogP contribution in [0.15, 0.2) is 18.2 Å². The molecule has 0 unspecified atom stereocenters. The van der Waals surface area contributed by atoms with E-state index in [9.17, 15) is 0 Å². The summed E-state index contributed by atoms with van der Waals surface area (Å²) in [5, 5.41) is 3.35. The molecule has 3 nitrogen and oxygen atoms in total. The fourth-order valence-electron chi connectivity index (χ4n) is 2.37. The molecule has 18 heavy (non-hydrogen) atoms. The van der Waals surface area contributed by atoms with Gasteiger partial charge in [0.2, 0.25) is 0 Å². The lowest BCUT2D eigenvalue weighted by Crippen LogP contribution is -2.32. The maximum Gasteiger partial charge on any atom is 0.126 e. The third-order valence-electron chi connectivity index (χ3n) is 3.62. The van der Waals surface area contributed by atoms with Crippen LogP contribution in [-0.2, 0) is 6.54 Å². The number of hydrogen-bond acceptors (Lipinski definition) is 3. The van der Waals surface area contributed by atoms with Crippen molar-refractivity contribution in [1.82, 2.24) is 9.88 Å². The molecule has 2 heterocycles. The Kier molecular flexibility index (Phi) is 5.00.